The van der Waals surface area contributed by atoms with Gasteiger partial charge >= 0.3 is 5.69 Å². The maximum atomic E-state index is 12.3. The molecule has 2 N–H and O–H groups in total. The summed E-state index contributed by atoms with van der Waals surface area (Å²) in [7, 11) is 5.09. The average molecular weight is 373 g/mol. The van der Waals surface area contributed by atoms with Gasteiger partial charge < -0.3 is 19.3 Å². The van der Waals surface area contributed by atoms with Crippen LogP contribution in [-0.2, 0) is 13.6 Å². The molecule has 3 rings (SSSR count). The van der Waals surface area contributed by atoms with E-state index >= 15 is 0 Å². The largest absolute Gasteiger partial charge is 0.491 e. The molecule has 0 saturated carbocycles. The first-order valence-corrected chi connectivity index (χ1v) is 8.52. The molecule has 2 heterocycles. The van der Waals surface area contributed by atoms with Gasteiger partial charge in [-0.25, -0.2) is 4.79 Å². The fraction of sp³-hybridized carbons (Fsp3) is 0.389. The first-order chi connectivity index (χ1) is 12.8. The number of aromatic amines is 1. The molecule has 9 nitrogen and oxygen atoms in total. The fourth-order valence-corrected chi connectivity index (χ4v) is 2.90. The van der Waals surface area contributed by atoms with Crippen LogP contribution < -0.4 is 20.9 Å². The molecule has 0 amide bonds. The van der Waals surface area contributed by atoms with E-state index in [9.17, 15) is 14.7 Å². The average Bonchev–Trinajstić information content (AvgIpc) is 2.98. The molecule has 1 aromatic carbocycles. The highest BCUT2D eigenvalue weighted by molar-refractivity contribution is 5.74. The van der Waals surface area contributed by atoms with E-state index in [2.05, 4.69) is 9.97 Å². The van der Waals surface area contributed by atoms with Crippen molar-refractivity contribution in [2.24, 2.45) is 7.05 Å². The van der Waals surface area contributed by atoms with Gasteiger partial charge in [-0.15, -0.1) is 0 Å². The van der Waals surface area contributed by atoms with E-state index in [1.807, 2.05) is 31.2 Å². The first kappa shape index (κ1) is 18.7. The number of imidazole rings is 1. The van der Waals surface area contributed by atoms with Gasteiger partial charge in [0.05, 0.1) is 6.54 Å². The van der Waals surface area contributed by atoms with Crippen LogP contribution in [-0.4, -0.2) is 51.0 Å². The zero-order valence-electron chi connectivity index (χ0n) is 15.8. The molecular weight excluding hydrogens is 350 g/mol. The zero-order chi connectivity index (χ0) is 19.7. The Morgan fingerprint density at radius 2 is 2.07 bits per heavy atom. The second-order valence-corrected chi connectivity index (χ2v) is 6.69. The van der Waals surface area contributed by atoms with Gasteiger partial charge in [-0.3, -0.25) is 14.3 Å². The molecule has 0 aliphatic heterocycles. The van der Waals surface area contributed by atoms with Crippen LogP contribution in [0.4, 0.5) is 5.95 Å². The summed E-state index contributed by atoms with van der Waals surface area (Å²) in [6.07, 6.45) is -0.877. The molecule has 1 atom stereocenters. The van der Waals surface area contributed by atoms with Gasteiger partial charge in [0.25, 0.3) is 5.56 Å². The van der Waals surface area contributed by atoms with Crippen molar-refractivity contribution in [2.75, 3.05) is 25.6 Å². The predicted octanol–water partition coefficient (Wildman–Crippen LogP) is 0.238. The lowest BCUT2D eigenvalue weighted by Crippen LogP contribution is -2.31. The highest BCUT2D eigenvalue weighted by Gasteiger charge is 2.20. The number of aromatic nitrogens is 4. The van der Waals surface area contributed by atoms with Crippen LogP contribution in [0.5, 0.6) is 5.75 Å². The summed E-state index contributed by atoms with van der Waals surface area (Å²) < 4.78 is 8.51. The number of ether oxygens (including phenoxy) is 1. The van der Waals surface area contributed by atoms with Crippen LogP contribution in [0.25, 0.3) is 11.2 Å². The number of hydrogen-bond donors (Lipinski definition) is 2. The molecule has 0 aliphatic carbocycles. The van der Waals surface area contributed by atoms with Crippen molar-refractivity contribution in [3.05, 3.63) is 50.7 Å². The number of fused-ring (bicyclic) bond motifs is 1. The lowest BCUT2D eigenvalue weighted by molar-refractivity contribution is 0.0937. The third kappa shape index (κ3) is 3.72. The van der Waals surface area contributed by atoms with E-state index in [-0.39, 0.29) is 24.3 Å². The molecule has 0 fully saturated rings. The monoisotopic (exact) mass is 373 g/mol. The molecule has 0 saturated heterocycles. The van der Waals surface area contributed by atoms with E-state index < -0.39 is 17.4 Å². The Labute approximate surface area is 155 Å². The Bertz CT molecular complexity index is 1080. The topological polar surface area (TPSA) is 105 Å². The van der Waals surface area contributed by atoms with E-state index in [0.29, 0.717) is 11.7 Å². The third-order valence-electron chi connectivity index (χ3n) is 4.21. The highest BCUT2D eigenvalue weighted by Crippen LogP contribution is 2.19. The van der Waals surface area contributed by atoms with Crippen molar-refractivity contribution < 1.29 is 9.84 Å². The van der Waals surface area contributed by atoms with E-state index in [0.717, 1.165) is 5.56 Å². The zero-order valence-corrected chi connectivity index (χ0v) is 15.8. The molecule has 144 valence electrons. The summed E-state index contributed by atoms with van der Waals surface area (Å²) in [6.45, 7) is 2.11. The lowest BCUT2D eigenvalue weighted by Gasteiger charge is -2.18. The summed E-state index contributed by atoms with van der Waals surface area (Å²) in [5.41, 5.74) is 0.478. The van der Waals surface area contributed by atoms with E-state index in [1.165, 1.54) is 11.6 Å². The van der Waals surface area contributed by atoms with Crippen LogP contribution in [0.1, 0.15) is 5.56 Å². The van der Waals surface area contributed by atoms with Gasteiger partial charge in [0.15, 0.2) is 11.2 Å². The third-order valence-corrected chi connectivity index (χ3v) is 4.21. The molecule has 27 heavy (non-hydrogen) atoms. The van der Waals surface area contributed by atoms with Crippen molar-refractivity contribution in [3.63, 3.8) is 0 Å². The molecule has 2 aromatic heterocycles. The number of aryl methyl sites for hydroxylation is 2. The molecule has 3 aromatic rings. The van der Waals surface area contributed by atoms with Gasteiger partial charge in [0, 0.05) is 21.1 Å². The van der Waals surface area contributed by atoms with Gasteiger partial charge in [-0.1, -0.05) is 12.1 Å². The number of aliphatic hydroxyl groups is 1. The number of aliphatic hydroxyl groups excluding tert-OH is 1. The van der Waals surface area contributed by atoms with Gasteiger partial charge in [-0.2, -0.15) is 4.98 Å². The maximum absolute atomic E-state index is 12.3. The Morgan fingerprint density at radius 3 is 2.74 bits per heavy atom. The SMILES string of the molecule is Cc1cccc(OC[C@@H](O)Cn2c(N(C)C)nc3c2c(=O)[nH]c(=O)n3C)c1. The molecule has 0 spiro atoms. The predicted molar refractivity (Wildman–Crippen MR) is 103 cm³/mol. The van der Waals surface area contributed by atoms with Crippen molar-refractivity contribution in [1.82, 2.24) is 19.1 Å². The van der Waals surface area contributed by atoms with Crippen LogP contribution >= 0.6 is 0 Å². The van der Waals surface area contributed by atoms with Crippen molar-refractivity contribution >= 4 is 17.1 Å². The second kappa shape index (κ2) is 7.28. The van der Waals surface area contributed by atoms with Gasteiger partial charge in [-0.05, 0) is 24.6 Å². The number of nitrogens with one attached hydrogen (secondary N) is 1. The number of rotatable bonds is 6. The quantitative estimate of drug-likeness (QED) is 0.641. The molecule has 9 heteroatoms. The lowest BCUT2D eigenvalue weighted by atomic mass is 10.2. The minimum atomic E-state index is -0.877. The van der Waals surface area contributed by atoms with E-state index in [1.54, 1.807) is 23.6 Å². The minimum absolute atomic E-state index is 0.0552. The van der Waals surface area contributed by atoms with E-state index in [4.69, 9.17) is 4.74 Å². The van der Waals surface area contributed by atoms with Crippen molar-refractivity contribution in [1.29, 1.82) is 0 Å². The number of H-pyrrole nitrogens is 1. The summed E-state index contributed by atoms with van der Waals surface area (Å²) in [5.74, 6) is 1.13. The van der Waals surface area contributed by atoms with Gasteiger partial charge in [0.2, 0.25) is 5.95 Å². The minimum Gasteiger partial charge on any atom is -0.491 e. The summed E-state index contributed by atoms with van der Waals surface area (Å²) >= 11 is 0. The molecular formula is C18H23N5O4. The summed E-state index contributed by atoms with van der Waals surface area (Å²) in [4.78, 5) is 32.6. The molecule has 0 aliphatic rings. The Morgan fingerprint density at radius 1 is 1.33 bits per heavy atom. The maximum Gasteiger partial charge on any atom is 0.329 e. The fourth-order valence-electron chi connectivity index (χ4n) is 2.90. The molecule has 0 unspecified atom stereocenters. The second-order valence-electron chi connectivity index (χ2n) is 6.69. The number of hydrogen-bond acceptors (Lipinski definition) is 6. The number of nitrogens with zero attached hydrogens (tertiary/aromatic N) is 4. The highest BCUT2D eigenvalue weighted by atomic mass is 16.5. The van der Waals surface area contributed by atoms with Crippen LogP contribution in [0.15, 0.2) is 33.9 Å². The van der Waals surface area contributed by atoms with Gasteiger partial charge in [0.1, 0.15) is 18.5 Å². The Balaban J connectivity index is 1.91. The normalized spacial score (nSPS) is 12.3. The van der Waals surface area contributed by atoms with Crippen LogP contribution in [0.2, 0.25) is 0 Å². The van der Waals surface area contributed by atoms with Crippen molar-refractivity contribution in [3.8, 4) is 5.75 Å². The number of anilines is 1. The van der Waals surface area contributed by atoms with Crippen LogP contribution in [0.3, 0.4) is 0 Å². The summed E-state index contributed by atoms with van der Waals surface area (Å²) in [5, 5.41) is 10.5. The number of benzene rings is 1. The smallest absolute Gasteiger partial charge is 0.329 e. The standard InChI is InChI=1S/C18H23N5O4/c1-11-6-5-7-13(8-11)27-10-12(24)9-23-14-15(19-17(23)21(2)3)22(4)18(26)20-16(14)25/h5-8,12,24H,9-10H2,1-4H3,(H,20,25,26)/t12-/m0/s1. The Hall–Kier alpha value is -3.07. The Kier molecular flexibility index (Phi) is 5.04. The molecule has 0 radical (unpaired) electrons. The summed E-state index contributed by atoms with van der Waals surface area (Å²) in [6, 6.07) is 7.54. The first-order valence-electron chi connectivity index (χ1n) is 8.52. The van der Waals surface area contributed by atoms with Crippen LogP contribution in [0, 0.1) is 6.92 Å². The van der Waals surface area contributed by atoms with Crippen molar-refractivity contribution in [2.45, 2.75) is 19.6 Å². The molecule has 0 bridgehead atoms.